The molecule has 0 fully saturated rings. The number of Topliss-reactive ketones (excluding diaryl/α,β-unsaturated/α-hetero) is 1. The largest absolute Gasteiger partial charge is 0.502 e. The fraction of sp³-hybridized carbons (Fsp3) is 0.278. The third-order valence-electron chi connectivity index (χ3n) is 3.99. The summed E-state index contributed by atoms with van der Waals surface area (Å²) in [6.45, 7) is 0. The van der Waals surface area contributed by atoms with Crippen LogP contribution in [0, 0.1) is 0 Å². The van der Waals surface area contributed by atoms with Gasteiger partial charge in [-0.1, -0.05) is 30.3 Å². The first-order valence-corrected chi connectivity index (χ1v) is 7.42. The minimum absolute atomic E-state index is 0.0270. The van der Waals surface area contributed by atoms with E-state index in [1.807, 2.05) is 30.3 Å². The molecule has 0 aromatic heterocycles. The van der Waals surface area contributed by atoms with E-state index in [1.54, 1.807) is 0 Å². The Morgan fingerprint density at radius 1 is 1.00 bits per heavy atom. The van der Waals surface area contributed by atoms with Gasteiger partial charge in [0.25, 0.3) is 0 Å². The lowest BCUT2D eigenvalue weighted by molar-refractivity contribution is 0.0833. The summed E-state index contributed by atoms with van der Waals surface area (Å²) >= 11 is 0. The summed E-state index contributed by atoms with van der Waals surface area (Å²) in [6.07, 6.45) is -0.304. The zero-order chi connectivity index (χ0) is 17.3. The standard InChI is InChI=1S/C18H18O6/c1-21-15-13-11(19)9-12(10-7-5-4-6-8-10)24-16(13)18(23-3)17(22-2)14(15)20/h4-8,12,20H,9H2,1-3H3/t12-/m0/s1. The first-order chi connectivity index (χ1) is 11.6. The third-order valence-corrected chi connectivity index (χ3v) is 3.99. The Balaban J connectivity index is 2.19. The second-order valence-electron chi connectivity index (χ2n) is 5.30. The number of carbonyl (C=O) groups is 1. The number of fused-ring (bicyclic) bond motifs is 1. The van der Waals surface area contributed by atoms with E-state index in [4.69, 9.17) is 18.9 Å². The van der Waals surface area contributed by atoms with Gasteiger partial charge in [-0.05, 0) is 5.56 Å². The predicted molar refractivity (Wildman–Crippen MR) is 86.5 cm³/mol. The summed E-state index contributed by atoms with van der Waals surface area (Å²) in [6, 6.07) is 9.45. The zero-order valence-corrected chi connectivity index (χ0v) is 13.7. The Morgan fingerprint density at radius 2 is 1.62 bits per heavy atom. The van der Waals surface area contributed by atoms with Crippen molar-refractivity contribution in [2.75, 3.05) is 21.3 Å². The second-order valence-corrected chi connectivity index (χ2v) is 5.30. The molecule has 1 heterocycles. The molecular formula is C18H18O6. The zero-order valence-electron chi connectivity index (χ0n) is 13.7. The first-order valence-electron chi connectivity index (χ1n) is 7.42. The Morgan fingerprint density at radius 3 is 2.21 bits per heavy atom. The molecule has 0 bridgehead atoms. The summed E-state index contributed by atoms with van der Waals surface area (Å²) in [5.74, 6) is -0.00780. The van der Waals surface area contributed by atoms with Gasteiger partial charge in [-0.15, -0.1) is 0 Å². The number of ketones is 1. The summed E-state index contributed by atoms with van der Waals surface area (Å²) in [7, 11) is 4.19. The molecule has 1 N–H and O–H groups in total. The molecule has 3 rings (SSSR count). The van der Waals surface area contributed by atoms with Crippen LogP contribution in [0.3, 0.4) is 0 Å². The molecule has 1 aliphatic rings. The number of aromatic hydroxyl groups is 1. The molecule has 1 aliphatic heterocycles. The van der Waals surface area contributed by atoms with E-state index in [2.05, 4.69) is 0 Å². The van der Waals surface area contributed by atoms with Crippen molar-refractivity contribution in [1.82, 2.24) is 0 Å². The van der Waals surface area contributed by atoms with Crippen LogP contribution in [0.5, 0.6) is 28.7 Å². The molecule has 6 heteroatoms. The van der Waals surface area contributed by atoms with Gasteiger partial charge < -0.3 is 24.1 Å². The molecule has 2 aromatic carbocycles. The predicted octanol–water partition coefficient (Wildman–Crippen LogP) is 3.12. The number of hydrogen-bond acceptors (Lipinski definition) is 6. The Kier molecular flexibility index (Phi) is 4.20. The number of carbonyl (C=O) groups excluding carboxylic acids is 1. The van der Waals surface area contributed by atoms with Crippen molar-refractivity contribution in [2.24, 2.45) is 0 Å². The molecule has 0 saturated heterocycles. The number of hydrogen-bond donors (Lipinski definition) is 1. The maximum atomic E-state index is 12.7. The van der Waals surface area contributed by atoms with Crippen LogP contribution in [0.15, 0.2) is 30.3 Å². The number of rotatable bonds is 4. The highest BCUT2D eigenvalue weighted by Crippen LogP contribution is 2.55. The van der Waals surface area contributed by atoms with Gasteiger partial charge in [-0.2, -0.15) is 0 Å². The average molecular weight is 330 g/mol. The molecule has 0 radical (unpaired) electrons. The van der Waals surface area contributed by atoms with E-state index in [9.17, 15) is 9.90 Å². The fourth-order valence-electron chi connectivity index (χ4n) is 2.90. The van der Waals surface area contributed by atoms with E-state index in [0.29, 0.717) is 0 Å². The van der Waals surface area contributed by atoms with E-state index < -0.39 is 6.10 Å². The van der Waals surface area contributed by atoms with Crippen molar-refractivity contribution < 1.29 is 28.8 Å². The van der Waals surface area contributed by atoms with Crippen molar-refractivity contribution >= 4 is 5.78 Å². The van der Waals surface area contributed by atoms with Gasteiger partial charge in [0.2, 0.25) is 17.2 Å². The number of benzene rings is 2. The van der Waals surface area contributed by atoms with Crippen LogP contribution in [-0.4, -0.2) is 32.2 Å². The Hall–Kier alpha value is -2.89. The molecule has 2 aromatic rings. The topological polar surface area (TPSA) is 74.2 Å². The lowest BCUT2D eigenvalue weighted by Gasteiger charge is -2.29. The molecule has 126 valence electrons. The summed E-state index contributed by atoms with van der Waals surface area (Å²) < 4.78 is 21.8. The number of ether oxygens (including phenoxy) is 4. The lowest BCUT2D eigenvalue weighted by atomic mass is 9.94. The van der Waals surface area contributed by atoms with Crippen LogP contribution in [0.2, 0.25) is 0 Å². The van der Waals surface area contributed by atoms with Crippen LogP contribution in [0.4, 0.5) is 0 Å². The summed E-state index contributed by atoms with van der Waals surface area (Å²) in [5, 5.41) is 10.3. The van der Waals surface area contributed by atoms with Crippen molar-refractivity contribution in [1.29, 1.82) is 0 Å². The molecule has 24 heavy (non-hydrogen) atoms. The smallest absolute Gasteiger partial charge is 0.211 e. The highest BCUT2D eigenvalue weighted by molar-refractivity contribution is 6.05. The minimum atomic E-state index is -0.445. The lowest BCUT2D eigenvalue weighted by Crippen LogP contribution is -2.22. The van der Waals surface area contributed by atoms with E-state index in [0.717, 1.165) is 5.56 Å². The molecule has 0 saturated carbocycles. The van der Waals surface area contributed by atoms with Crippen molar-refractivity contribution in [2.45, 2.75) is 12.5 Å². The molecular weight excluding hydrogens is 312 g/mol. The van der Waals surface area contributed by atoms with Gasteiger partial charge in [0.1, 0.15) is 11.7 Å². The maximum absolute atomic E-state index is 12.7. The number of methoxy groups -OCH3 is 3. The SMILES string of the molecule is COc1c(O)c(OC)c2c(c1OC)O[C@H](c1ccccc1)CC2=O. The van der Waals surface area contributed by atoms with E-state index in [-0.39, 0.29) is 46.5 Å². The Bertz CT molecular complexity index is 769. The van der Waals surface area contributed by atoms with E-state index in [1.165, 1.54) is 21.3 Å². The third kappa shape index (κ3) is 2.40. The number of phenolic OH excluding ortho intramolecular Hbond substituents is 1. The molecule has 0 amide bonds. The summed E-state index contributed by atoms with van der Waals surface area (Å²) in [5.41, 5.74) is 1.05. The van der Waals surface area contributed by atoms with Gasteiger partial charge in [0.05, 0.1) is 27.8 Å². The van der Waals surface area contributed by atoms with Gasteiger partial charge in [-0.3, -0.25) is 4.79 Å². The minimum Gasteiger partial charge on any atom is -0.502 e. The van der Waals surface area contributed by atoms with Gasteiger partial charge in [-0.25, -0.2) is 0 Å². The quantitative estimate of drug-likeness (QED) is 0.928. The normalized spacial score (nSPS) is 16.1. The molecule has 0 aliphatic carbocycles. The van der Waals surface area contributed by atoms with Crippen LogP contribution in [0.25, 0.3) is 0 Å². The fourth-order valence-corrected chi connectivity index (χ4v) is 2.90. The molecule has 0 spiro atoms. The highest BCUT2D eigenvalue weighted by atomic mass is 16.5. The monoisotopic (exact) mass is 330 g/mol. The second kappa shape index (κ2) is 6.31. The highest BCUT2D eigenvalue weighted by Gasteiger charge is 2.37. The van der Waals surface area contributed by atoms with Gasteiger partial charge >= 0.3 is 0 Å². The van der Waals surface area contributed by atoms with Crippen molar-refractivity contribution in [3.63, 3.8) is 0 Å². The first kappa shape index (κ1) is 16.0. The van der Waals surface area contributed by atoms with Crippen LogP contribution >= 0.6 is 0 Å². The molecule has 1 atom stereocenters. The molecule has 0 unspecified atom stereocenters. The van der Waals surface area contributed by atoms with Gasteiger partial charge in [0, 0.05) is 0 Å². The maximum Gasteiger partial charge on any atom is 0.211 e. The van der Waals surface area contributed by atoms with Gasteiger partial charge in [0.15, 0.2) is 17.3 Å². The van der Waals surface area contributed by atoms with Crippen LogP contribution < -0.4 is 18.9 Å². The Labute approximate surface area is 139 Å². The molecule has 6 nitrogen and oxygen atoms in total. The van der Waals surface area contributed by atoms with Crippen LogP contribution in [0.1, 0.15) is 28.4 Å². The van der Waals surface area contributed by atoms with E-state index >= 15 is 0 Å². The van der Waals surface area contributed by atoms with Crippen LogP contribution in [-0.2, 0) is 0 Å². The van der Waals surface area contributed by atoms with Crippen molar-refractivity contribution in [3.05, 3.63) is 41.5 Å². The number of phenols is 1. The average Bonchev–Trinajstić information content (AvgIpc) is 2.61. The van der Waals surface area contributed by atoms with Crippen molar-refractivity contribution in [3.8, 4) is 28.7 Å². The summed E-state index contributed by atoms with van der Waals surface area (Å²) in [4.78, 5) is 12.7.